The number of halogens is 1. The highest BCUT2D eigenvalue weighted by atomic mass is 28.3. The molecule has 0 unspecified atom stereocenters. The molecule has 0 aliphatic carbocycles. The summed E-state index contributed by atoms with van der Waals surface area (Å²) < 4.78 is 11.6. The Bertz CT molecular complexity index is 46.5. The molecule has 0 aromatic heterocycles. The summed E-state index contributed by atoms with van der Waals surface area (Å²) in [5, 5.41) is 0. The summed E-state index contributed by atoms with van der Waals surface area (Å²) in [6.45, 7) is 6.21. The van der Waals surface area contributed by atoms with E-state index in [1.54, 1.807) is 0 Å². The van der Waals surface area contributed by atoms with Gasteiger partial charge in [0, 0.05) is 0 Å². The highest BCUT2D eigenvalue weighted by molar-refractivity contribution is 6.26. The van der Waals surface area contributed by atoms with Gasteiger partial charge in [-0.15, -0.1) is 0 Å². The van der Waals surface area contributed by atoms with Gasteiger partial charge in [0.25, 0.3) is 0 Å². The largest absolute Gasteiger partial charge is 0.323 e. The van der Waals surface area contributed by atoms with Crippen LogP contribution in [-0.4, -0.2) is 9.85 Å². The van der Waals surface area contributed by atoms with Crippen LogP contribution >= 0.6 is 0 Å². The fourth-order valence-corrected chi connectivity index (χ4v) is 0.850. The molecule has 0 fully saturated rings. The maximum absolute atomic E-state index is 11.6. The van der Waals surface area contributed by atoms with E-state index in [9.17, 15) is 4.11 Å². The van der Waals surface area contributed by atoms with Gasteiger partial charge in [-0.3, -0.25) is 0 Å². The molecule has 0 saturated carbocycles. The minimum absolute atomic E-state index is 0.237. The molecule has 7 heavy (non-hydrogen) atoms. The van der Waals surface area contributed by atoms with Crippen LogP contribution in [0.5, 0.6) is 0 Å². The molecule has 0 amide bonds. The second kappa shape index (κ2) is 2.45. The molecule has 0 aromatic carbocycles. The minimum Gasteiger partial charge on any atom is -0.323 e. The zero-order valence-corrected chi connectivity index (χ0v) is 6.71. The Morgan fingerprint density at radius 3 is 1.86 bits per heavy atom. The summed E-state index contributed by atoms with van der Waals surface area (Å²) in [5.74, 6) is 0. The quantitative estimate of drug-likeness (QED) is 0.363. The van der Waals surface area contributed by atoms with E-state index < -0.39 is 9.85 Å². The van der Waals surface area contributed by atoms with Crippen molar-refractivity contribution in [2.45, 2.75) is 26.8 Å². The summed E-state index contributed by atoms with van der Waals surface area (Å²) in [5.41, 5.74) is 0.237. The van der Waals surface area contributed by atoms with Crippen LogP contribution in [0.3, 0.4) is 0 Å². The van der Waals surface area contributed by atoms with Crippen molar-refractivity contribution in [1.82, 2.24) is 0 Å². The lowest BCUT2D eigenvalue weighted by Crippen LogP contribution is -2.05. The average molecular weight is 120 g/mol. The SMILES string of the molecule is CC(C)(C)C[SiH2]F. The zero-order valence-electron chi connectivity index (χ0n) is 5.29. The summed E-state index contributed by atoms with van der Waals surface area (Å²) in [4.78, 5) is 0. The molecule has 0 rings (SSSR count). The lowest BCUT2D eigenvalue weighted by atomic mass is 10.0. The molecule has 0 saturated heterocycles. The lowest BCUT2D eigenvalue weighted by molar-refractivity contribution is 0.460. The summed E-state index contributed by atoms with van der Waals surface area (Å²) in [7, 11) is -1.19. The van der Waals surface area contributed by atoms with Crippen molar-refractivity contribution in [3.63, 3.8) is 0 Å². The zero-order chi connectivity index (χ0) is 5.91. The van der Waals surface area contributed by atoms with Crippen LogP contribution in [0.1, 0.15) is 20.8 Å². The molecule has 2 heteroatoms. The molecule has 0 radical (unpaired) electrons. The highest BCUT2D eigenvalue weighted by Crippen LogP contribution is 2.17. The van der Waals surface area contributed by atoms with E-state index in [0.29, 0.717) is 0 Å². The van der Waals surface area contributed by atoms with E-state index in [1.165, 1.54) is 0 Å². The van der Waals surface area contributed by atoms with Gasteiger partial charge in [-0.05, 0) is 11.5 Å². The lowest BCUT2D eigenvalue weighted by Gasteiger charge is -2.13. The van der Waals surface area contributed by atoms with Gasteiger partial charge in [0.2, 0.25) is 9.85 Å². The van der Waals surface area contributed by atoms with E-state index in [-0.39, 0.29) is 5.41 Å². The molecule has 0 bridgehead atoms. The van der Waals surface area contributed by atoms with Crippen molar-refractivity contribution in [1.29, 1.82) is 0 Å². The monoisotopic (exact) mass is 120 g/mol. The van der Waals surface area contributed by atoms with Gasteiger partial charge in [0.1, 0.15) is 0 Å². The highest BCUT2D eigenvalue weighted by Gasteiger charge is 2.08. The molecule has 44 valence electrons. The summed E-state index contributed by atoms with van der Waals surface area (Å²) in [6.07, 6.45) is 0. The Morgan fingerprint density at radius 2 is 1.86 bits per heavy atom. The predicted octanol–water partition coefficient (Wildman–Crippen LogP) is 1.50. The molecule has 0 aliphatic heterocycles. The second-order valence-electron chi connectivity index (χ2n) is 3.00. The smallest absolute Gasteiger partial charge is 0.217 e. The van der Waals surface area contributed by atoms with Crippen LogP contribution in [0.2, 0.25) is 6.04 Å². The van der Waals surface area contributed by atoms with Crippen molar-refractivity contribution in [3.8, 4) is 0 Å². The van der Waals surface area contributed by atoms with Crippen molar-refractivity contribution < 1.29 is 4.11 Å². The van der Waals surface area contributed by atoms with Crippen LogP contribution in [0.4, 0.5) is 4.11 Å². The minimum atomic E-state index is -1.19. The van der Waals surface area contributed by atoms with Gasteiger partial charge in [-0.1, -0.05) is 20.8 Å². The predicted molar refractivity (Wildman–Crippen MR) is 33.9 cm³/mol. The first kappa shape index (κ1) is 7.15. The fraction of sp³-hybridized carbons (Fsp3) is 1.00. The van der Waals surface area contributed by atoms with Gasteiger partial charge in [0.15, 0.2) is 0 Å². The van der Waals surface area contributed by atoms with Crippen LogP contribution in [0, 0.1) is 5.41 Å². The Kier molecular flexibility index (Phi) is 2.50. The molecular weight excluding hydrogens is 107 g/mol. The fourth-order valence-electron chi connectivity index (χ4n) is 0.283. The Morgan fingerprint density at radius 1 is 1.43 bits per heavy atom. The molecular formula is C5H13FSi. The van der Waals surface area contributed by atoms with Crippen molar-refractivity contribution in [3.05, 3.63) is 0 Å². The average Bonchev–Trinajstić information content (AvgIpc) is 1.30. The molecule has 0 N–H and O–H groups in total. The van der Waals surface area contributed by atoms with Crippen LogP contribution in [-0.2, 0) is 0 Å². The Balaban J connectivity index is 3.15. The van der Waals surface area contributed by atoms with E-state index in [4.69, 9.17) is 0 Å². The van der Waals surface area contributed by atoms with E-state index in [1.807, 2.05) is 0 Å². The normalized spacial score (nSPS) is 13.7. The Labute approximate surface area is 47.1 Å². The van der Waals surface area contributed by atoms with Crippen LogP contribution < -0.4 is 0 Å². The van der Waals surface area contributed by atoms with Gasteiger partial charge >= 0.3 is 0 Å². The third kappa shape index (κ3) is 6.15. The van der Waals surface area contributed by atoms with E-state index in [2.05, 4.69) is 20.8 Å². The number of hydrogen-bond acceptors (Lipinski definition) is 0. The second-order valence-corrected chi connectivity index (χ2v) is 3.88. The number of hydrogen-bond donors (Lipinski definition) is 0. The molecule has 0 aromatic rings. The third-order valence-electron chi connectivity index (χ3n) is 0.844. The first-order chi connectivity index (χ1) is 3.06. The number of rotatable bonds is 1. The molecule has 0 aliphatic rings. The molecule has 0 atom stereocenters. The van der Waals surface area contributed by atoms with Crippen LogP contribution in [0.15, 0.2) is 0 Å². The first-order valence-electron chi connectivity index (χ1n) is 2.62. The van der Waals surface area contributed by atoms with Crippen molar-refractivity contribution in [2.75, 3.05) is 0 Å². The maximum Gasteiger partial charge on any atom is 0.217 e. The van der Waals surface area contributed by atoms with Crippen molar-refractivity contribution in [2.24, 2.45) is 5.41 Å². The molecule has 0 heterocycles. The molecule has 0 spiro atoms. The van der Waals surface area contributed by atoms with E-state index >= 15 is 0 Å². The first-order valence-corrected chi connectivity index (χ1v) is 4.16. The maximum atomic E-state index is 11.6. The van der Waals surface area contributed by atoms with Crippen molar-refractivity contribution >= 4 is 9.85 Å². The Hall–Kier alpha value is 0.147. The van der Waals surface area contributed by atoms with Gasteiger partial charge in [0.05, 0.1) is 0 Å². The summed E-state index contributed by atoms with van der Waals surface area (Å²) >= 11 is 0. The standard InChI is InChI=1S/C5H13FSi/c1-5(2,3)4-7-6/h4,7H2,1-3H3. The molecule has 0 nitrogen and oxygen atoms in total. The topological polar surface area (TPSA) is 0 Å². The van der Waals surface area contributed by atoms with Gasteiger partial charge in [-0.25, -0.2) is 0 Å². The van der Waals surface area contributed by atoms with Gasteiger partial charge in [-0.2, -0.15) is 0 Å². The van der Waals surface area contributed by atoms with E-state index in [0.717, 1.165) is 6.04 Å². The van der Waals surface area contributed by atoms with Gasteiger partial charge < -0.3 is 4.11 Å². The third-order valence-corrected chi connectivity index (χ3v) is 2.53. The van der Waals surface area contributed by atoms with Crippen LogP contribution in [0.25, 0.3) is 0 Å². The summed E-state index contributed by atoms with van der Waals surface area (Å²) in [6, 6.07) is 0.812.